The summed E-state index contributed by atoms with van der Waals surface area (Å²) in [6, 6.07) is 20.4. The first-order valence-corrected chi connectivity index (χ1v) is 13.8. The van der Waals surface area contributed by atoms with Crippen LogP contribution < -0.4 is 18.9 Å². The molecule has 0 fully saturated rings. The third-order valence-corrected chi connectivity index (χ3v) is 7.07. The van der Waals surface area contributed by atoms with E-state index in [1.807, 2.05) is 60.9 Å². The summed E-state index contributed by atoms with van der Waals surface area (Å²) < 4.78 is 22.7. The van der Waals surface area contributed by atoms with E-state index < -0.39 is 5.91 Å². The predicted octanol–water partition coefficient (Wildman–Crippen LogP) is 6.51. The van der Waals surface area contributed by atoms with Crippen LogP contribution in [0.3, 0.4) is 0 Å². The number of nitrogens with one attached hydrogen (secondary N) is 1. The molecule has 5 rings (SSSR count). The Hall–Kier alpha value is -4.21. The van der Waals surface area contributed by atoms with Crippen LogP contribution in [0, 0.1) is 5.41 Å². The van der Waals surface area contributed by atoms with Gasteiger partial charge in [0.25, 0.3) is 5.91 Å². The number of nitrogens with zero attached hydrogens (tertiary/aromatic N) is 2. The first-order valence-electron chi connectivity index (χ1n) is 12.5. The number of aliphatic imine (C=N–C) groups is 1. The number of fused-ring (bicyclic) bond motifs is 1. The Morgan fingerprint density at radius 1 is 1.00 bits per heavy atom. The number of halogens is 1. The van der Waals surface area contributed by atoms with Gasteiger partial charge >= 0.3 is 0 Å². The number of benzene rings is 3. The summed E-state index contributed by atoms with van der Waals surface area (Å²) in [5, 5.41) is 11.5. The Balaban J connectivity index is 1.34. The topological polar surface area (TPSA) is 93.4 Å². The van der Waals surface area contributed by atoms with Crippen LogP contribution in [0.25, 0.3) is 11.8 Å². The highest BCUT2D eigenvalue weighted by atomic mass is 35.5. The molecule has 10 heteroatoms. The maximum Gasteiger partial charge on any atom is 0.283 e. The molecule has 0 spiro atoms. The quantitative estimate of drug-likeness (QED) is 0.217. The lowest BCUT2D eigenvalue weighted by Gasteiger charge is -2.27. The lowest BCUT2D eigenvalue weighted by Crippen LogP contribution is -2.38. The van der Waals surface area contributed by atoms with Gasteiger partial charge in [-0.1, -0.05) is 59.8 Å². The van der Waals surface area contributed by atoms with Gasteiger partial charge in [-0.2, -0.15) is 4.99 Å². The van der Waals surface area contributed by atoms with E-state index in [1.165, 1.54) is 11.8 Å². The van der Waals surface area contributed by atoms with Crippen LogP contribution in [0.5, 0.6) is 23.0 Å². The second-order valence-corrected chi connectivity index (χ2v) is 9.81. The van der Waals surface area contributed by atoms with Crippen molar-refractivity contribution >= 4 is 52.0 Å². The zero-order valence-corrected chi connectivity index (χ0v) is 23.4. The highest BCUT2D eigenvalue weighted by Crippen LogP contribution is 2.40. The molecule has 2 heterocycles. The summed E-state index contributed by atoms with van der Waals surface area (Å²) in [7, 11) is 1.60. The van der Waals surface area contributed by atoms with Gasteiger partial charge in [-0.25, -0.2) is 0 Å². The molecule has 0 aromatic heterocycles. The zero-order chi connectivity index (χ0) is 28.1. The van der Waals surface area contributed by atoms with Gasteiger partial charge in [0.15, 0.2) is 16.7 Å². The lowest BCUT2D eigenvalue weighted by atomic mass is 10.1. The smallest absolute Gasteiger partial charge is 0.283 e. The van der Waals surface area contributed by atoms with Crippen LogP contribution in [0.2, 0.25) is 5.02 Å². The molecule has 3 aromatic rings. The molecule has 0 saturated carbocycles. The zero-order valence-electron chi connectivity index (χ0n) is 21.8. The molecule has 0 radical (unpaired) electrons. The van der Waals surface area contributed by atoms with Crippen molar-refractivity contribution in [3.8, 4) is 23.0 Å². The minimum atomic E-state index is -0.490. The number of hydrogen-bond donors (Lipinski definition) is 1. The van der Waals surface area contributed by atoms with Crippen molar-refractivity contribution in [2.75, 3.05) is 26.9 Å². The summed E-state index contributed by atoms with van der Waals surface area (Å²) in [6.45, 7) is 2.73. The molecule has 2 aliphatic heterocycles. The minimum absolute atomic E-state index is 0.0409. The molecular formula is C30H26ClN3O5S. The number of rotatable bonds is 10. The molecular weight excluding hydrogens is 550 g/mol. The highest BCUT2D eigenvalue weighted by molar-refractivity contribution is 8.17. The third-order valence-electron chi connectivity index (χ3n) is 5.97. The van der Waals surface area contributed by atoms with E-state index in [0.29, 0.717) is 45.4 Å². The van der Waals surface area contributed by atoms with Crippen molar-refractivity contribution in [3.05, 3.63) is 93.9 Å². The molecule has 0 unspecified atom stereocenters. The highest BCUT2D eigenvalue weighted by Gasteiger charge is 2.36. The number of amides is 1. The number of ether oxygens (including phenoxy) is 4. The van der Waals surface area contributed by atoms with E-state index in [4.69, 9.17) is 36.0 Å². The summed E-state index contributed by atoms with van der Waals surface area (Å²) in [6.07, 6.45) is 1.60. The van der Waals surface area contributed by atoms with Gasteiger partial charge < -0.3 is 18.9 Å². The molecule has 0 atom stereocenters. The van der Waals surface area contributed by atoms with Gasteiger partial charge in [-0.3, -0.25) is 15.1 Å². The van der Waals surface area contributed by atoms with Crippen LogP contribution in [0.4, 0.5) is 0 Å². The van der Waals surface area contributed by atoms with Crippen molar-refractivity contribution in [1.82, 2.24) is 4.90 Å². The molecule has 1 amide bonds. The fourth-order valence-corrected chi connectivity index (χ4v) is 5.31. The average Bonchev–Trinajstić information content (AvgIpc) is 3.39. The van der Waals surface area contributed by atoms with Gasteiger partial charge in [-0.15, -0.1) is 0 Å². The molecule has 0 saturated heterocycles. The van der Waals surface area contributed by atoms with Crippen LogP contribution in [0.1, 0.15) is 18.1 Å². The molecule has 204 valence electrons. The standard InChI is InChI=1S/C30H26ClN3O5S/c1-3-37-26-16-19(15-24(31)27(26)39-13-12-38-22-11-7-10-21(17-22)36-2)14-23-28(32)34-25(20-8-5-4-6-9-20)18-40-30(34)33-29(23)35/h4-11,14-18,32H,3,12-13H2,1-2H3/b23-14-,32-28?. The second kappa shape index (κ2) is 12.3. The number of carbonyl (C=O) groups is 1. The monoisotopic (exact) mass is 575 g/mol. The van der Waals surface area contributed by atoms with E-state index >= 15 is 0 Å². The van der Waals surface area contributed by atoms with Crippen molar-refractivity contribution in [1.29, 1.82) is 5.41 Å². The van der Waals surface area contributed by atoms with Crippen LogP contribution in [-0.4, -0.2) is 48.7 Å². The van der Waals surface area contributed by atoms with Gasteiger partial charge in [0.2, 0.25) is 0 Å². The van der Waals surface area contributed by atoms with Crippen molar-refractivity contribution < 1.29 is 23.7 Å². The number of methoxy groups -OCH3 is 1. The van der Waals surface area contributed by atoms with E-state index in [-0.39, 0.29) is 24.6 Å². The van der Waals surface area contributed by atoms with Gasteiger partial charge in [0.1, 0.15) is 30.5 Å². The van der Waals surface area contributed by atoms with Crippen LogP contribution in [-0.2, 0) is 4.79 Å². The van der Waals surface area contributed by atoms with Crippen molar-refractivity contribution in [3.63, 3.8) is 0 Å². The van der Waals surface area contributed by atoms with E-state index in [1.54, 1.807) is 36.3 Å². The average molecular weight is 576 g/mol. The molecule has 40 heavy (non-hydrogen) atoms. The SMILES string of the molecule is CCOc1cc(/C=C2/C(=N)N3C(c4ccccc4)=CSC3=NC2=O)cc(Cl)c1OCCOc1cccc(OC)c1. The summed E-state index contributed by atoms with van der Waals surface area (Å²) in [4.78, 5) is 18.8. The fourth-order valence-electron chi connectivity index (χ4n) is 4.15. The lowest BCUT2D eigenvalue weighted by molar-refractivity contribution is -0.114. The Morgan fingerprint density at radius 3 is 2.55 bits per heavy atom. The van der Waals surface area contributed by atoms with Gasteiger partial charge in [-0.05, 0) is 48.4 Å². The summed E-state index contributed by atoms with van der Waals surface area (Å²) >= 11 is 7.93. The first-order chi connectivity index (χ1) is 19.5. The van der Waals surface area contributed by atoms with Crippen LogP contribution in [0.15, 0.2) is 82.7 Å². The van der Waals surface area contributed by atoms with Gasteiger partial charge in [0.05, 0.1) is 30.0 Å². The predicted molar refractivity (Wildman–Crippen MR) is 159 cm³/mol. The van der Waals surface area contributed by atoms with E-state index in [9.17, 15) is 4.79 Å². The molecule has 1 N–H and O–H groups in total. The largest absolute Gasteiger partial charge is 0.497 e. The van der Waals surface area contributed by atoms with E-state index in [2.05, 4.69) is 4.99 Å². The summed E-state index contributed by atoms with van der Waals surface area (Å²) in [5.74, 6) is 1.70. The fraction of sp³-hybridized carbons (Fsp3) is 0.167. The number of amidine groups is 2. The molecule has 0 aliphatic carbocycles. The maximum absolute atomic E-state index is 12.9. The third kappa shape index (κ3) is 5.85. The number of carbonyl (C=O) groups excluding carboxylic acids is 1. The first kappa shape index (κ1) is 27.4. The minimum Gasteiger partial charge on any atom is -0.497 e. The Labute approximate surface area is 241 Å². The van der Waals surface area contributed by atoms with Crippen molar-refractivity contribution in [2.45, 2.75) is 6.92 Å². The Bertz CT molecular complexity index is 1540. The van der Waals surface area contributed by atoms with E-state index in [0.717, 1.165) is 11.3 Å². The Morgan fingerprint density at radius 2 is 1.77 bits per heavy atom. The molecule has 3 aromatic carbocycles. The molecule has 2 aliphatic rings. The van der Waals surface area contributed by atoms with Crippen molar-refractivity contribution in [2.24, 2.45) is 4.99 Å². The van der Waals surface area contributed by atoms with Crippen LogP contribution >= 0.6 is 23.4 Å². The molecule has 0 bridgehead atoms. The second-order valence-electron chi connectivity index (χ2n) is 8.57. The summed E-state index contributed by atoms with van der Waals surface area (Å²) in [5.41, 5.74) is 2.45. The van der Waals surface area contributed by atoms with Gasteiger partial charge in [0, 0.05) is 11.5 Å². The number of hydrogen-bond acceptors (Lipinski definition) is 7. The normalized spacial score (nSPS) is 15.5. The Kier molecular flexibility index (Phi) is 8.42. The molecule has 8 nitrogen and oxygen atoms in total. The maximum atomic E-state index is 12.9. The number of thioether (sulfide) groups is 1.